The number of aromatic nitrogens is 1. The molecule has 0 aliphatic carbocycles. The Labute approximate surface area is 120 Å². The predicted octanol–water partition coefficient (Wildman–Crippen LogP) is 1.59. The number of rotatable bonds is 3. The summed E-state index contributed by atoms with van der Waals surface area (Å²) < 4.78 is 0.813. The molecule has 0 radical (unpaired) electrons. The summed E-state index contributed by atoms with van der Waals surface area (Å²) in [7, 11) is 0. The van der Waals surface area contributed by atoms with Crippen molar-refractivity contribution < 1.29 is 9.59 Å². The van der Waals surface area contributed by atoms with Gasteiger partial charge in [-0.05, 0) is 47.3 Å². The van der Waals surface area contributed by atoms with Gasteiger partial charge in [0.05, 0.1) is 6.54 Å². The van der Waals surface area contributed by atoms with Crippen molar-refractivity contribution in [3.8, 4) is 0 Å². The molecule has 19 heavy (non-hydrogen) atoms. The van der Waals surface area contributed by atoms with Gasteiger partial charge in [-0.3, -0.25) is 9.59 Å². The fourth-order valence-corrected chi connectivity index (χ4v) is 2.25. The van der Waals surface area contributed by atoms with Crippen LogP contribution in [0.3, 0.4) is 0 Å². The average molecular weight is 326 g/mol. The van der Waals surface area contributed by atoms with Crippen LogP contribution in [0.25, 0.3) is 0 Å². The van der Waals surface area contributed by atoms with Crippen molar-refractivity contribution in [2.45, 2.75) is 19.3 Å². The van der Waals surface area contributed by atoms with Gasteiger partial charge in [-0.2, -0.15) is 0 Å². The molecule has 1 fully saturated rings. The largest absolute Gasteiger partial charge is 0.342 e. The molecule has 102 valence electrons. The Morgan fingerprint density at radius 1 is 1.26 bits per heavy atom. The lowest BCUT2D eigenvalue weighted by Gasteiger charge is -2.26. The number of pyridine rings is 1. The Kier molecular flexibility index (Phi) is 4.90. The molecule has 1 N–H and O–H groups in total. The Morgan fingerprint density at radius 3 is 2.63 bits per heavy atom. The van der Waals surface area contributed by atoms with Gasteiger partial charge in [-0.15, -0.1) is 0 Å². The lowest BCUT2D eigenvalue weighted by atomic mass is 10.1. The molecule has 2 heterocycles. The van der Waals surface area contributed by atoms with E-state index in [9.17, 15) is 9.59 Å². The average Bonchev–Trinajstić information content (AvgIpc) is 2.46. The van der Waals surface area contributed by atoms with E-state index in [0.29, 0.717) is 5.69 Å². The molecule has 1 aliphatic rings. The molecule has 0 saturated carbocycles. The number of piperidine rings is 1. The Bertz CT molecular complexity index is 455. The van der Waals surface area contributed by atoms with E-state index in [1.54, 1.807) is 23.2 Å². The first-order valence-electron chi connectivity index (χ1n) is 6.34. The van der Waals surface area contributed by atoms with Gasteiger partial charge in [0.1, 0.15) is 5.69 Å². The second-order valence-corrected chi connectivity index (χ2v) is 5.40. The lowest BCUT2D eigenvalue weighted by Crippen LogP contribution is -2.42. The SMILES string of the molecule is O=C(NCC(=O)N1CCCCC1)c1ccc(Br)cn1. The minimum absolute atomic E-state index is 0.0230. The molecule has 0 unspecified atom stereocenters. The van der Waals surface area contributed by atoms with Crippen LogP contribution in [0, 0.1) is 0 Å². The van der Waals surface area contributed by atoms with Crippen molar-refractivity contribution in [1.29, 1.82) is 0 Å². The molecular formula is C13H16BrN3O2. The highest BCUT2D eigenvalue weighted by molar-refractivity contribution is 9.10. The second-order valence-electron chi connectivity index (χ2n) is 4.49. The third-order valence-corrected chi connectivity index (χ3v) is 3.54. The van der Waals surface area contributed by atoms with Crippen LogP contribution in [0.2, 0.25) is 0 Å². The molecule has 1 saturated heterocycles. The highest BCUT2D eigenvalue weighted by Gasteiger charge is 2.17. The van der Waals surface area contributed by atoms with E-state index in [2.05, 4.69) is 26.2 Å². The molecule has 1 aliphatic heterocycles. The van der Waals surface area contributed by atoms with Gasteiger partial charge in [0.15, 0.2) is 0 Å². The highest BCUT2D eigenvalue weighted by Crippen LogP contribution is 2.09. The number of halogens is 1. The summed E-state index contributed by atoms with van der Waals surface area (Å²) in [4.78, 5) is 29.4. The minimum Gasteiger partial charge on any atom is -0.342 e. The molecule has 0 bridgehead atoms. The molecule has 0 atom stereocenters. The van der Waals surface area contributed by atoms with E-state index in [4.69, 9.17) is 0 Å². The summed E-state index contributed by atoms with van der Waals surface area (Å²) in [6.45, 7) is 1.63. The van der Waals surface area contributed by atoms with Crippen molar-refractivity contribution in [3.63, 3.8) is 0 Å². The van der Waals surface area contributed by atoms with Crippen molar-refractivity contribution in [2.24, 2.45) is 0 Å². The summed E-state index contributed by atoms with van der Waals surface area (Å²) in [6, 6.07) is 3.36. The second kappa shape index (κ2) is 6.65. The maximum atomic E-state index is 11.9. The molecular weight excluding hydrogens is 310 g/mol. The standard InChI is InChI=1S/C13H16BrN3O2/c14-10-4-5-11(15-8-10)13(19)16-9-12(18)17-6-2-1-3-7-17/h4-5,8H,1-3,6-7,9H2,(H,16,19). The topological polar surface area (TPSA) is 62.3 Å². The molecule has 2 amide bonds. The van der Waals surface area contributed by atoms with Crippen molar-refractivity contribution >= 4 is 27.7 Å². The third kappa shape index (κ3) is 4.02. The van der Waals surface area contributed by atoms with E-state index in [1.807, 2.05) is 0 Å². The van der Waals surface area contributed by atoms with Crippen molar-refractivity contribution in [1.82, 2.24) is 15.2 Å². The summed E-state index contributed by atoms with van der Waals surface area (Å²) >= 11 is 3.25. The first-order chi connectivity index (χ1) is 9.16. The van der Waals surface area contributed by atoms with Crippen LogP contribution in [-0.2, 0) is 4.79 Å². The van der Waals surface area contributed by atoms with Gasteiger partial charge < -0.3 is 10.2 Å². The molecule has 0 aromatic carbocycles. The normalized spacial score (nSPS) is 15.1. The quantitative estimate of drug-likeness (QED) is 0.917. The summed E-state index contributed by atoms with van der Waals surface area (Å²) in [5, 5.41) is 2.61. The number of carbonyl (C=O) groups excluding carboxylic acids is 2. The zero-order valence-electron chi connectivity index (χ0n) is 10.6. The van der Waals surface area contributed by atoms with Crippen LogP contribution in [0.15, 0.2) is 22.8 Å². The monoisotopic (exact) mass is 325 g/mol. The van der Waals surface area contributed by atoms with Gasteiger partial charge in [0, 0.05) is 23.8 Å². The van der Waals surface area contributed by atoms with E-state index in [-0.39, 0.29) is 18.4 Å². The summed E-state index contributed by atoms with van der Waals surface area (Å²) in [5.74, 6) is -0.344. The van der Waals surface area contributed by atoms with E-state index in [0.717, 1.165) is 30.4 Å². The third-order valence-electron chi connectivity index (χ3n) is 3.07. The zero-order valence-corrected chi connectivity index (χ0v) is 12.1. The number of carbonyl (C=O) groups is 2. The number of nitrogens with one attached hydrogen (secondary N) is 1. The molecule has 1 aromatic heterocycles. The fourth-order valence-electron chi connectivity index (χ4n) is 2.01. The van der Waals surface area contributed by atoms with Gasteiger partial charge >= 0.3 is 0 Å². The van der Waals surface area contributed by atoms with E-state index in [1.165, 1.54) is 6.42 Å². The number of amides is 2. The van der Waals surface area contributed by atoms with E-state index >= 15 is 0 Å². The molecule has 1 aromatic rings. The molecule has 6 heteroatoms. The number of hydrogen-bond acceptors (Lipinski definition) is 3. The minimum atomic E-state index is -0.321. The molecule has 2 rings (SSSR count). The Hall–Kier alpha value is -1.43. The lowest BCUT2D eigenvalue weighted by molar-refractivity contribution is -0.130. The van der Waals surface area contributed by atoms with Gasteiger partial charge in [0.2, 0.25) is 5.91 Å². The van der Waals surface area contributed by atoms with Crippen LogP contribution in [-0.4, -0.2) is 41.3 Å². The van der Waals surface area contributed by atoms with Gasteiger partial charge in [0.25, 0.3) is 5.91 Å². The summed E-state index contributed by atoms with van der Waals surface area (Å²) in [6.07, 6.45) is 4.84. The van der Waals surface area contributed by atoms with Gasteiger partial charge in [-0.25, -0.2) is 4.98 Å². The van der Waals surface area contributed by atoms with Crippen molar-refractivity contribution in [2.75, 3.05) is 19.6 Å². The Morgan fingerprint density at radius 2 is 2.00 bits per heavy atom. The molecule has 5 nitrogen and oxygen atoms in total. The first kappa shape index (κ1) is 14.0. The van der Waals surface area contributed by atoms with Crippen LogP contribution in [0.5, 0.6) is 0 Å². The fraction of sp³-hybridized carbons (Fsp3) is 0.462. The van der Waals surface area contributed by atoms with Crippen LogP contribution >= 0.6 is 15.9 Å². The Balaban J connectivity index is 1.82. The number of hydrogen-bond donors (Lipinski definition) is 1. The number of likely N-dealkylation sites (tertiary alicyclic amines) is 1. The van der Waals surface area contributed by atoms with Crippen LogP contribution in [0.4, 0.5) is 0 Å². The number of nitrogens with zero attached hydrogens (tertiary/aromatic N) is 2. The van der Waals surface area contributed by atoms with Gasteiger partial charge in [-0.1, -0.05) is 0 Å². The first-order valence-corrected chi connectivity index (χ1v) is 7.13. The maximum Gasteiger partial charge on any atom is 0.270 e. The molecule has 0 spiro atoms. The van der Waals surface area contributed by atoms with Crippen molar-refractivity contribution in [3.05, 3.63) is 28.5 Å². The van der Waals surface area contributed by atoms with E-state index < -0.39 is 0 Å². The zero-order chi connectivity index (χ0) is 13.7. The smallest absolute Gasteiger partial charge is 0.270 e. The predicted molar refractivity (Wildman–Crippen MR) is 74.7 cm³/mol. The van der Waals surface area contributed by atoms with Crippen LogP contribution in [0.1, 0.15) is 29.8 Å². The summed E-state index contributed by atoms with van der Waals surface area (Å²) in [5.41, 5.74) is 0.314. The van der Waals surface area contributed by atoms with Crippen LogP contribution < -0.4 is 5.32 Å². The maximum absolute atomic E-state index is 11.9. The highest BCUT2D eigenvalue weighted by atomic mass is 79.9.